The highest BCUT2D eigenvalue weighted by molar-refractivity contribution is 9.10. The average molecular weight is 534 g/mol. The van der Waals surface area contributed by atoms with E-state index in [4.69, 9.17) is 4.52 Å². The van der Waals surface area contributed by atoms with E-state index < -0.39 is 0 Å². The lowest BCUT2D eigenvalue weighted by molar-refractivity contribution is -0.121. The summed E-state index contributed by atoms with van der Waals surface area (Å²) in [7, 11) is 0. The zero-order valence-electron chi connectivity index (χ0n) is 16.6. The summed E-state index contributed by atoms with van der Waals surface area (Å²) in [6.45, 7) is 4.14. The Morgan fingerprint density at radius 1 is 1.27 bits per heavy atom. The summed E-state index contributed by atoms with van der Waals surface area (Å²) in [5.74, 6) is 1.13. The lowest BCUT2D eigenvalue weighted by atomic mass is 9.97. The fourth-order valence-electron chi connectivity index (χ4n) is 3.64. The topological polar surface area (TPSA) is 71.3 Å². The maximum absolute atomic E-state index is 12.8. The molecule has 2 aromatic carbocycles. The predicted octanol–water partition coefficient (Wildman–Crippen LogP) is 5.42. The van der Waals surface area contributed by atoms with Crippen LogP contribution in [-0.2, 0) is 11.3 Å². The molecule has 8 heteroatoms. The third-order valence-electron chi connectivity index (χ3n) is 5.21. The van der Waals surface area contributed by atoms with Crippen LogP contribution < -0.4 is 5.32 Å². The maximum Gasteiger partial charge on any atom is 0.241 e. The van der Waals surface area contributed by atoms with Crippen LogP contribution >= 0.6 is 31.9 Å². The first kappa shape index (κ1) is 21.2. The van der Waals surface area contributed by atoms with E-state index in [0.717, 1.165) is 45.1 Å². The summed E-state index contributed by atoms with van der Waals surface area (Å²) in [6, 6.07) is 13.7. The van der Waals surface area contributed by atoms with Crippen LogP contribution in [0.25, 0.3) is 11.4 Å². The molecule has 3 aromatic rings. The molecule has 1 aliphatic heterocycles. The van der Waals surface area contributed by atoms with Crippen molar-refractivity contribution in [1.82, 2.24) is 15.0 Å². The highest BCUT2D eigenvalue weighted by atomic mass is 79.9. The van der Waals surface area contributed by atoms with Gasteiger partial charge in [-0.3, -0.25) is 9.69 Å². The van der Waals surface area contributed by atoms with Gasteiger partial charge in [-0.25, -0.2) is 0 Å². The molecule has 6 nitrogen and oxygen atoms in total. The molecular weight excluding hydrogens is 512 g/mol. The summed E-state index contributed by atoms with van der Waals surface area (Å²) in [4.78, 5) is 19.5. The van der Waals surface area contributed by atoms with Crippen LogP contribution in [0.5, 0.6) is 0 Å². The number of halogens is 2. The van der Waals surface area contributed by atoms with Crippen LogP contribution in [0.3, 0.4) is 0 Å². The van der Waals surface area contributed by atoms with E-state index in [0.29, 0.717) is 24.8 Å². The zero-order chi connectivity index (χ0) is 21.1. The molecule has 0 bridgehead atoms. The minimum absolute atomic E-state index is 0.0572. The van der Waals surface area contributed by atoms with Crippen LogP contribution in [-0.4, -0.2) is 34.0 Å². The van der Waals surface area contributed by atoms with Crippen molar-refractivity contribution in [3.05, 3.63) is 62.9 Å². The van der Waals surface area contributed by atoms with Gasteiger partial charge in [-0.2, -0.15) is 4.98 Å². The van der Waals surface area contributed by atoms with E-state index in [1.807, 2.05) is 49.4 Å². The lowest BCUT2D eigenvalue weighted by Gasteiger charge is -2.30. The van der Waals surface area contributed by atoms with Gasteiger partial charge in [0.1, 0.15) is 0 Å². The van der Waals surface area contributed by atoms with Gasteiger partial charge in [0.2, 0.25) is 17.6 Å². The van der Waals surface area contributed by atoms with E-state index in [-0.39, 0.29) is 11.8 Å². The Kier molecular flexibility index (Phi) is 6.65. The number of amides is 1. The van der Waals surface area contributed by atoms with E-state index in [1.54, 1.807) is 0 Å². The second kappa shape index (κ2) is 9.41. The monoisotopic (exact) mass is 532 g/mol. The Balaban J connectivity index is 1.37. The molecule has 1 amide bonds. The van der Waals surface area contributed by atoms with Gasteiger partial charge in [-0.1, -0.05) is 49.1 Å². The minimum atomic E-state index is -0.0600. The van der Waals surface area contributed by atoms with Crippen molar-refractivity contribution >= 4 is 43.5 Å². The van der Waals surface area contributed by atoms with Crippen molar-refractivity contribution < 1.29 is 9.32 Å². The quantitative estimate of drug-likeness (QED) is 0.474. The molecule has 2 heterocycles. The number of hydrogen-bond donors (Lipinski definition) is 1. The van der Waals surface area contributed by atoms with Gasteiger partial charge < -0.3 is 9.84 Å². The van der Waals surface area contributed by atoms with Gasteiger partial charge in [0.25, 0.3) is 0 Å². The number of nitrogens with one attached hydrogen (secondary N) is 1. The second-order valence-corrected chi connectivity index (χ2v) is 9.32. The maximum atomic E-state index is 12.8. The minimum Gasteiger partial charge on any atom is -0.338 e. The number of nitrogens with zero attached hydrogens (tertiary/aromatic N) is 3. The molecule has 0 saturated carbocycles. The molecular formula is C22H22Br2N4O2. The van der Waals surface area contributed by atoms with Gasteiger partial charge >= 0.3 is 0 Å². The van der Waals surface area contributed by atoms with E-state index in [1.165, 1.54) is 0 Å². The van der Waals surface area contributed by atoms with Gasteiger partial charge in [0, 0.05) is 26.7 Å². The molecule has 0 radical (unpaired) electrons. The Morgan fingerprint density at radius 2 is 2.13 bits per heavy atom. The number of rotatable bonds is 5. The molecule has 1 atom stereocenters. The molecule has 1 aliphatic rings. The summed E-state index contributed by atoms with van der Waals surface area (Å²) < 4.78 is 7.46. The van der Waals surface area contributed by atoms with Crippen molar-refractivity contribution in [3.63, 3.8) is 0 Å². The number of carbonyl (C=O) groups is 1. The molecule has 1 N–H and O–H groups in total. The standard InChI is InChI=1S/C22H22Br2N4O2/c1-14-10-18(7-8-19(14)24)25-22(29)16-5-3-9-28(12-16)13-20-26-21(27-30-20)15-4-2-6-17(23)11-15/h2,4,6-8,10-11,16H,3,5,9,12-13H2,1H3,(H,25,29). The first-order valence-corrected chi connectivity index (χ1v) is 11.4. The third kappa shape index (κ3) is 5.17. The lowest BCUT2D eigenvalue weighted by Crippen LogP contribution is -2.40. The summed E-state index contributed by atoms with van der Waals surface area (Å²) in [6.07, 6.45) is 1.84. The third-order valence-corrected chi connectivity index (χ3v) is 6.59. The first-order valence-electron chi connectivity index (χ1n) is 9.86. The molecule has 1 saturated heterocycles. The number of anilines is 1. The van der Waals surface area contributed by atoms with Crippen LogP contribution in [0.2, 0.25) is 0 Å². The molecule has 4 rings (SSSR count). The molecule has 1 unspecified atom stereocenters. The van der Waals surface area contributed by atoms with E-state index >= 15 is 0 Å². The van der Waals surface area contributed by atoms with Crippen molar-refractivity contribution in [2.24, 2.45) is 5.92 Å². The number of benzene rings is 2. The van der Waals surface area contributed by atoms with E-state index in [2.05, 4.69) is 52.2 Å². The Bertz CT molecular complexity index is 1050. The van der Waals surface area contributed by atoms with Gasteiger partial charge in [0.15, 0.2) is 0 Å². The Labute approximate surface area is 192 Å². The number of piperidine rings is 1. The fourth-order valence-corrected chi connectivity index (χ4v) is 4.28. The summed E-state index contributed by atoms with van der Waals surface area (Å²) in [5, 5.41) is 7.15. The van der Waals surface area contributed by atoms with Crippen LogP contribution in [0.1, 0.15) is 24.3 Å². The summed E-state index contributed by atoms with van der Waals surface area (Å²) in [5.41, 5.74) is 2.82. The smallest absolute Gasteiger partial charge is 0.241 e. The number of aromatic nitrogens is 2. The number of likely N-dealkylation sites (tertiary alicyclic amines) is 1. The predicted molar refractivity (Wildman–Crippen MR) is 123 cm³/mol. The van der Waals surface area contributed by atoms with E-state index in [9.17, 15) is 4.79 Å². The van der Waals surface area contributed by atoms with Crippen LogP contribution in [0.4, 0.5) is 5.69 Å². The Morgan fingerprint density at radius 3 is 2.93 bits per heavy atom. The molecule has 156 valence electrons. The Hall–Kier alpha value is -2.03. The van der Waals surface area contributed by atoms with Crippen molar-refractivity contribution in [3.8, 4) is 11.4 Å². The SMILES string of the molecule is Cc1cc(NC(=O)C2CCCN(Cc3nc(-c4cccc(Br)c4)no3)C2)ccc1Br. The van der Waals surface area contributed by atoms with Gasteiger partial charge in [-0.15, -0.1) is 0 Å². The second-order valence-electron chi connectivity index (χ2n) is 7.55. The van der Waals surface area contributed by atoms with Crippen molar-refractivity contribution in [1.29, 1.82) is 0 Å². The largest absolute Gasteiger partial charge is 0.338 e. The fraction of sp³-hybridized carbons (Fsp3) is 0.318. The zero-order valence-corrected chi connectivity index (χ0v) is 19.7. The molecule has 1 aromatic heterocycles. The number of aryl methyl sites for hydroxylation is 1. The molecule has 1 fully saturated rings. The number of carbonyl (C=O) groups excluding carboxylic acids is 1. The highest BCUT2D eigenvalue weighted by Gasteiger charge is 2.27. The molecule has 0 spiro atoms. The average Bonchev–Trinajstić information content (AvgIpc) is 3.19. The van der Waals surface area contributed by atoms with Gasteiger partial charge in [0.05, 0.1) is 12.5 Å². The summed E-state index contributed by atoms with van der Waals surface area (Å²) >= 11 is 6.95. The highest BCUT2D eigenvalue weighted by Crippen LogP contribution is 2.24. The van der Waals surface area contributed by atoms with Crippen LogP contribution in [0, 0.1) is 12.8 Å². The number of hydrogen-bond acceptors (Lipinski definition) is 5. The van der Waals surface area contributed by atoms with Gasteiger partial charge in [-0.05, 0) is 62.2 Å². The normalized spacial score (nSPS) is 17.1. The van der Waals surface area contributed by atoms with Crippen molar-refractivity contribution in [2.45, 2.75) is 26.3 Å². The first-order chi connectivity index (χ1) is 14.5. The molecule has 0 aliphatic carbocycles. The van der Waals surface area contributed by atoms with Crippen LogP contribution in [0.15, 0.2) is 55.9 Å². The molecule has 30 heavy (non-hydrogen) atoms. The van der Waals surface area contributed by atoms with Crippen molar-refractivity contribution in [2.75, 3.05) is 18.4 Å².